The number of alkyl halides is 1. The Balaban J connectivity index is 2.35. The first kappa shape index (κ1) is 15.1. The summed E-state index contributed by atoms with van der Waals surface area (Å²) < 4.78 is 27.4. The van der Waals surface area contributed by atoms with Crippen LogP contribution in [0.15, 0.2) is 47.4 Å². The van der Waals surface area contributed by atoms with Gasteiger partial charge in [-0.1, -0.05) is 45.8 Å². The third kappa shape index (κ3) is 3.41. The van der Waals surface area contributed by atoms with Gasteiger partial charge in [0.15, 0.2) is 0 Å². The first-order valence-corrected chi connectivity index (χ1v) is 8.78. The number of benzene rings is 2. The summed E-state index contributed by atoms with van der Waals surface area (Å²) in [6.45, 7) is 3.74. The first-order chi connectivity index (χ1) is 9.42. The number of hydrogen-bond donors (Lipinski definition) is 1. The summed E-state index contributed by atoms with van der Waals surface area (Å²) in [5, 5.41) is 0.687. The molecule has 106 valence electrons. The lowest BCUT2D eigenvalue weighted by Crippen LogP contribution is -2.14. The maximum Gasteiger partial charge on any atom is 0.262 e. The third-order valence-electron chi connectivity index (χ3n) is 2.95. The van der Waals surface area contributed by atoms with Gasteiger partial charge in [-0.2, -0.15) is 0 Å². The Morgan fingerprint density at radius 3 is 2.50 bits per heavy atom. The molecule has 0 aliphatic carbocycles. The van der Waals surface area contributed by atoms with Crippen molar-refractivity contribution in [3.05, 3.63) is 59.2 Å². The van der Waals surface area contributed by atoms with Crippen LogP contribution in [0.2, 0.25) is 0 Å². The lowest BCUT2D eigenvalue weighted by Gasteiger charge is -2.11. The topological polar surface area (TPSA) is 46.2 Å². The molecule has 2 aromatic rings. The number of aryl methyl sites for hydroxylation is 2. The van der Waals surface area contributed by atoms with Gasteiger partial charge in [0.2, 0.25) is 0 Å². The van der Waals surface area contributed by atoms with Gasteiger partial charge in [0, 0.05) is 11.0 Å². The molecule has 0 heterocycles. The quantitative estimate of drug-likeness (QED) is 0.844. The Labute approximate surface area is 128 Å². The third-order valence-corrected chi connectivity index (χ3v) is 5.14. The highest BCUT2D eigenvalue weighted by Gasteiger charge is 2.16. The van der Waals surface area contributed by atoms with E-state index in [1.165, 1.54) is 0 Å². The van der Waals surface area contributed by atoms with Gasteiger partial charge in [-0.25, -0.2) is 8.42 Å². The summed E-state index contributed by atoms with van der Waals surface area (Å²) in [6, 6.07) is 12.6. The van der Waals surface area contributed by atoms with Gasteiger partial charge in [0.05, 0.1) is 4.90 Å². The fourth-order valence-corrected chi connectivity index (χ4v) is 3.65. The Hall–Kier alpha value is -1.33. The zero-order valence-corrected chi connectivity index (χ0v) is 13.8. The molecule has 0 fully saturated rings. The van der Waals surface area contributed by atoms with Crippen molar-refractivity contribution >= 4 is 31.6 Å². The van der Waals surface area contributed by atoms with Gasteiger partial charge < -0.3 is 0 Å². The van der Waals surface area contributed by atoms with Crippen LogP contribution in [0.4, 0.5) is 5.69 Å². The molecule has 0 saturated heterocycles. The van der Waals surface area contributed by atoms with Gasteiger partial charge in [-0.05, 0) is 43.2 Å². The maximum absolute atomic E-state index is 12.4. The number of nitrogens with one attached hydrogen (secondary N) is 1. The molecule has 0 saturated carbocycles. The predicted molar refractivity (Wildman–Crippen MR) is 85.8 cm³/mol. The van der Waals surface area contributed by atoms with E-state index in [0.29, 0.717) is 15.9 Å². The van der Waals surface area contributed by atoms with Crippen LogP contribution in [0.1, 0.15) is 16.7 Å². The van der Waals surface area contributed by atoms with E-state index in [9.17, 15) is 8.42 Å². The SMILES string of the molecule is Cc1ccc(S(=O)(=O)Nc2cccc(CBr)c2)c(C)c1. The zero-order chi connectivity index (χ0) is 14.8. The molecule has 0 spiro atoms. The fraction of sp³-hybridized carbons (Fsp3) is 0.200. The van der Waals surface area contributed by atoms with Crippen LogP contribution in [0.3, 0.4) is 0 Å². The molecule has 0 atom stereocenters. The molecule has 0 aliphatic rings. The molecular formula is C15H16BrNO2S. The summed E-state index contributed by atoms with van der Waals surface area (Å²) in [4.78, 5) is 0.312. The number of halogens is 1. The molecule has 1 N–H and O–H groups in total. The van der Waals surface area contributed by atoms with E-state index in [2.05, 4.69) is 20.7 Å². The standard InChI is InChI=1S/C15H16BrNO2S/c1-11-6-7-15(12(2)8-11)20(18,19)17-14-5-3-4-13(9-14)10-16/h3-9,17H,10H2,1-2H3. The minimum Gasteiger partial charge on any atom is -0.280 e. The Bertz CT molecular complexity index is 726. The van der Waals surface area contributed by atoms with E-state index < -0.39 is 10.0 Å². The monoisotopic (exact) mass is 353 g/mol. The molecule has 20 heavy (non-hydrogen) atoms. The summed E-state index contributed by atoms with van der Waals surface area (Å²) in [6.07, 6.45) is 0. The van der Waals surface area contributed by atoms with Crippen LogP contribution in [0.25, 0.3) is 0 Å². The smallest absolute Gasteiger partial charge is 0.262 e. The molecule has 0 radical (unpaired) electrons. The summed E-state index contributed by atoms with van der Waals surface area (Å²) in [5.74, 6) is 0. The normalized spacial score (nSPS) is 11.3. The average Bonchev–Trinajstić information content (AvgIpc) is 2.37. The second-order valence-electron chi connectivity index (χ2n) is 4.71. The first-order valence-electron chi connectivity index (χ1n) is 6.17. The molecule has 0 unspecified atom stereocenters. The van der Waals surface area contributed by atoms with Gasteiger partial charge in [0.25, 0.3) is 10.0 Å². The molecule has 0 amide bonds. The van der Waals surface area contributed by atoms with Gasteiger partial charge in [-0.15, -0.1) is 0 Å². The fourth-order valence-electron chi connectivity index (χ4n) is 2.03. The molecule has 0 bridgehead atoms. The average molecular weight is 354 g/mol. The summed E-state index contributed by atoms with van der Waals surface area (Å²) >= 11 is 3.36. The number of anilines is 1. The number of sulfonamides is 1. The van der Waals surface area contributed by atoms with E-state index in [4.69, 9.17) is 0 Å². The van der Waals surface area contributed by atoms with Crippen molar-refractivity contribution < 1.29 is 8.42 Å². The van der Waals surface area contributed by atoms with Crippen molar-refractivity contribution in [1.82, 2.24) is 0 Å². The minimum atomic E-state index is -3.55. The van der Waals surface area contributed by atoms with E-state index >= 15 is 0 Å². The molecule has 0 aliphatic heterocycles. The van der Waals surface area contributed by atoms with Crippen molar-refractivity contribution in [2.75, 3.05) is 4.72 Å². The Kier molecular flexibility index (Phi) is 4.50. The molecule has 2 rings (SSSR count). The molecule has 2 aromatic carbocycles. The van der Waals surface area contributed by atoms with E-state index in [-0.39, 0.29) is 0 Å². The van der Waals surface area contributed by atoms with Gasteiger partial charge in [-0.3, -0.25) is 4.72 Å². The largest absolute Gasteiger partial charge is 0.280 e. The second-order valence-corrected chi connectivity index (χ2v) is 6.92. The van der Waals surface area contributed by atoms with E-state index in [1.54, 1.807) is 25.1 Å². The summed E-state index contributed by atoms with van der Waals surface area (Å²) in [7, 11) is -3.55. The van der Waals surface area contributed by atoms with Gasteiger partial charge in [0.1, 0.15) is 0 Å². The van der Waals surface area contributed by atoms with Crippen LogP contribution >= 0.6 is 15.9 Å². The molecule has 3 nitrogen and oxygen atoms in total. The maximum atomic E-state index is 12.4. The lowest BCUT2D eigenvalue weighted by molar-refractivity contribution is 0.600. The van der Waals surface area contributed by atoms with Crippen LogP contribution in [-0.2, 0) is 15.4 Å². The highest BCUT2D eigenvalue weighted by Crippen LogP contribution is 2.21. The van der Waals surface area contributed by atoms with E-state index in [0.717, 1.165) is 16.7 Å². The molecule has 5 heteroatoms. The lowest BCUT2D eigenvalue weighted by atomic mass is 10.2. The highest BCUT2D eigenvalue weighted by atomic mass is 79.9. The van der Waals surface area contributed by atoms with Crippen molar-refractivity contribution in [3.63, 3.8) is 0 Å². The predicted octanol–water partition coefficient (Wildman–Crippen LogP) is 4.00. The van der Waals surface area contributed by atoms with E-state index in [1.807, 2.05) is 31.2 Å². The molecular weight excluding hydrogens is 338 g/mol. The molecule has 0 aromatic heterocycles. The second kappa shape index (κ2) is 5.97. The Morgan fingerprint density at radius 1 is 1.10 bits per heavy atom. The van der Waals surface area contributed by atoms with Crippen molar-refractivity contribution in [3.8, 4) is 0 Å². The summed E-state index contributed by atoms with van der Waals surface area (Å²) in [5.41, 5.74) is 3.38. The zero-order valence-electron chi connectivity index (χ0n) is 11.4. The van der Waals surface area contributed by atoms with Crippen molar-refractivity contribution in [2.45, 2.75) is 24.1 Å². The Morgan fingerprint density at radius 2 is 1.85 bits per heavy atom. The van der Waals surface area contributed by atoms with Crippen LogP contribution < -0.4 is 4.72 Å². The van der Waals surface area contributed by atoms with Crippen LogP contribution in [0, 0.1) is 13.8 Å². The van der Waals surface area contributed by atoms with Crippen LogP contribution in [-0.4, -0.2) is 8.42 Å². The number of hydrogen-bond acceptors (Lipinski definition) is 2. The highest BCUT2D eigenvalue weighted by molar-refractivity contribution is 9.08. The minimum absolute atomic E-state index is 0.312. The van der Waals surface area contributed by atoms with Crippen LogP contribution in [0.5, 0.6) is 0 Å². The van der Waals surface area contributed by atoms with Crippen molar-refractivity contribution in [2.24, 2.45) is 0 Å². The number of rotatable bonds is 4. The van der Waals surface area contributed by atoms with Crippen molar-refractivity contribution in [1.29, 1.82) is 0 Å². The van der Waals surface area contributed by atoms with Gasteiger partial charge >= 0.3 is 0 Å².